The Morgan fingerprint density at radius 2 is 1.97 bits per heavy atom. The molecule has 9 nitrogen and oxygen atoms in total. The number of ether oxygens (including phenoxy) is 2. The number of amides is 1. The van der Waals surface area contributed by atoms with Crippen molar-refractivity contribution in [3.8, 4) is 0 Å². The number of methoxy groups -OCH3 is 1. The zero-order valence-electron chi connectivity index (χ0n) is 17.0. The van der Waals surface area contributed by atoms with Crippen LogP contribution in [-0.2, 0) is 9.47 Å². The molecular formula is C19H18F2N4O5S. The summed E-state index contributed by atoms with van der Waals surface area (Å²) in [5.74, 6) is -2.14. The largest absolute Gasteiger partial charge is 0.465 e. The second-order valence-electron chi connectivity index (χ2n) is 6.34. The first-order chi connectivity index (χ1) is 14.7. The minimum atomic E-state index is -2.82. The van der Waals surface area contributed by atoms with Gasteiger partial charge in [-0.25, -0.2) is 27.9 Å². The Labute approximate surface area is 179 Å². The number of aromatic nitrogens is 3. The number of anilines is 1. The van der Waals surface area contributed by atoms with Gasteiger partial charge in [0.15, 0.2) is 5.65 Å². The molecule has 0 radical (unpaired) electrons. The molecule has 3 rings (SSSR count). The van der Waals surface area contributed by atoms with Crippen LogP contribution in [0.4, 0.5) is 13.8 Å². The van der Waals surface area contributed by atoms with Crippen LogP contribution in [0.2, 0.25) is 0 Å². The van der Waals surface area contributed by atoms with Crippen LogP contribution in [0.15, 0.2) is 12.3 Å². The molecule has 0 atom stereocenters. The van der Waals surface area contributed by atoms with Crippen LogP contribution < -0.4 is 5.32 Å². The molecule has 0 spiro atoms. The van der Waals surface area contributed by atoms with Gasteiger partial charge in [-0.1, -0.05) is 0 Å². The molecule has 0 fully saturated rings. The lowest BCUT2D eigenvalue weighted by Crippen LogP contribution is -2.15. The van der Waals surface area contributed by atoms with Crippen LogP contribution >= 0.6 is 11.3 Å². The van der Waals surface area contributed by atoms with Crippen LogP contribution in [0.25, 0.3) is 5.65 Å². The molecule has 0 saturated carbocycles. The Morgan fingerprint density at radius 3 is 2.58 bits per heavy atom. The Hall–Kier alpha value is -3.41. The number of fused-ring (bicyclic) bond motifs is 1. The number of halogens is 2. The fourth-order valence-corrected chi connectivity index (χ4v) is 4.02. The van der Waals surface area contributed by atoms with Gasteiger partial charge in [-0.15, -0.1) is 11.3 Å². The first kappa shape index (κ1) is 22.3. The highest BCUT2D eigenvalue weighted by molar-refractivity contribution is 7.18. The summed E-state index contributed by atoms with van der Waals surface area (Å²) in [5.41, 5.74) is 0.0196. The minimum absolute atomic E-state index is 0.00205. The van der Waals surface area contributed by atoms with E-state index in [0.29, 0.717) is 5.56 Å². The number of carbonyl (C=O) groups is 3. The van der Waals surface area contributed by atoms with E-state index < -0.39 is 30.0 Å². The van der Waals surface area contributed by atoms with Crippen LogP contribution in [0.1, 0.15) is 60.7 Å². The van der Waals surface area contributed by atoms with E-state index >= 15 is 0 Å². The topological polar surface area (TPSA) is 112 Å². The van der Waals surface area contributed by atoms with Gasteiger partial charge >= 0.3 is 11.9 Å². The van der Waals surface area contributed by atoms with E-state index in [0.717, 1.165) is 22.0 Å². The van der Waals surface area contributed by atoms with Gasteiger partial charge in [-0.2, -0.15) is 5.10 Å². The molecule has 0 aliphatic carbocycles. The van der Waals surface area contributed by atoms with E-state index in [9.17, 15) is 23.2 Å². The molecule has 164 valence electrons. The molecule has 12 heteroatoms. The van der Waals surface area contributed by atoms with Gasteiger partial charge in [0.05, 0.1) is 25.5 Å². The molecule has 31 heavy (non-hydrogen) atoms. The predicted octanol–water partition coefficient (Wildman–Crippen LogP) is 3.56. The van der Waals surface area contributed by atoms with Crippen molar-refractivity contribution >= 4 is 39.8 Å². The van der Waals surface area contributed by atoms with E-state index in [4.69, 9.17) is 9.47 Å². The Kier molecular flexibility index (Phi) is 6.29. The Morgan fingerprint density at radius 1 is 1.26 bits per heavy atom. The fourth-order valence-electron chi connectivity index (χ4n) is 2.94. The molecule has 3 aromatic heterocycles. The highest BCUT2D eigenvalue weighted by Crippen LogP contribution is 2.35. The highest BCUT2D eigenvalue weighted by atomic mass is 32.1. The number of hydrogen-bond donors (Lipinski definition) is 1. The first-order valence-electron chi connectivity index (χ1n) is 9.03. The van der Waals surface area contributed by atoms with Crippen LogP contribution in [-0.4, -0.2) is 46.2 Å². The summed E-state index contributed by atoms with van der Waals surface area (Å²) < 4.78 is 37.3. The summed E-state index contributed by atoms with van der Waals surface area (Å²) in [6, 6.07) is 1.18. The number of hydrogen-bond acceptors (Lipinski definition) is 8. The Bertz CT molecular complexity index is 1190. The standard InChI is InChI=1S/C19H18F2N4O5S/c1-5-30-19(28)13-9(3)12(18(27)29-4)17(31-13)24-16(26)10-7-22-25-11(14(20)21)6-8(2)23-15(10)25/h6-7,14H,5H2,1-4H3,(H,24,26). The van der Waals surface area contributed by atoms with E-state index in [-0.39, 0.29) is 39.0 Å². The molecular weight excluding hydrogens is 434 g/mol. The summed E-state index contributed by atoms with van der Waals surface area (Å²) in [4.78, 5) is 41.6. The molecule has 0 unspecified atom stereocenters. The molecule has 3 heterocycles. The van der Waals surface area contributed by atoms with E-state index in [1.807, 2.05) is 0 Å². The zero-order valence-corrected chi connectivity index (χ0v) is 17.8. The summed E-state index contributed by atoms with van der Waals surface area (Å²) in [6.07, 6.45) is -1.72. The van der Waals surface area contributed by atoms with Crippen molar-refractivity contribution in [3.05, 3.63) is 45.2 Å². The molecule has 0 aliphatic heterocycles. The fraction of sp³-hybridized carbons (Fsp3) is 0.316. The lowest BCUT2D eigenvalue weighted by Gasteiger charge is -2.07. The lowest BCUT2D eigenvalue weighted by atomic mass is 10.1. The summed E-state index contributed by atoms with van der Waals surface area (Å²) >= 11 is 0.845. The predicted molar refractivity (Wildman–Crippen MR) is 107 cm³/mol. The van der Waals surface area contributed by atoms with Gasteiger partial charge in [-0.3, -0.25) is 4.79 Å². The average Bonchev–Trinajstić information content (AvgIpc) is 3.27. The van der Waals surface area contributed by atoms with Crippen molar-refractivity contribution in [1.29, 1.82) is 0 Å². The zero-order chi connectivity index (χ0) is 22.9. The number of nitrogens with zero attached hydrogens (tertiary/aromatic N) is 3. The maximum absolute atomic E-state index is 13.3. The number of esters is 2. The average molecular weight is 452 g/mol. The number of alkyl halides is 2. The highest BCUT2D eigenvalue weighted by Gasteiger charge is 2.28. The first-order valence-corrected chi connectivity index (χ1v) is 9.84. The molecule has 1 amide bonds. The van der Waals surface area contributed by atoms with Gasteiger partial charge < -0.3 is 14.8 Å². The normalized spacial score (nSPS) is 11.1. The van der Waals surface area contributed by atoms with Crippen molar-refractivity contribution in [2.24, 2.45) is 0 Å². The second-order valence-corrected chi connectivity index (χ2v) is 7.36. The summed E-state index contributed by atoms with van der Waals surface area (Å²) in [7, 11) is 1.17. The smallest absolute Gasteiger partial charge is 0.348 e. The lowest BCUT2D eigenvalue weighted by molar-refractivity contribution is 0.0531. The third kappa shape index (κ3) is 4.10. The van der Waals surface area contributed by atoms with Gasteiger partial charge in [0.1, 0.15) is 21.1 Å². The number of rotatable bonds is 6. The van der Waals surface area contributed by atoms with Crippen molar-refractivity contribution in [2.45, 2.75) is 27.2 Å². The van der Waals surface area contributed by atoms with Gasteiger partial charge in [0.25, 0.3) is 12.3 Å². The second kappa shape index (κ2) is 8.76. The molecule has 0 aliphatic rings. The molecule has 0 saturated heterocycles. The number of carbonyl (C=O) groups excluding carboxylic acids is 3. The van der Waals surface area contributed by atoms with E-state index in [1.165, 1.54) is 27.0 Å². The summed E-state index contributed by atoms with van der Waals surface area (Å²) in [5, 5.41) is 6.43. The number of aryl methyl sites for hydroxylation is 1. The van der Waals surface area contributed by atoms with Crippen LogP contribution in [0.5, 0.6) is 0 Å². The molecule has 0 aromatic carbocycles. The van der Waals surface area contributed by atoms with Gasteiger partial charge in [0, 0.05) is 5.69 Å². The number of nitrogens with one attached hydrogen (secondary N) is 1. The van der Waals surface area contributed by atoms with Crippen molar-refractivity contribution in [1.82, 2.24) is 14.6 Å². The van der Waals surface area contributed by atoms with Crippen molar-refractivity contribution in [3.63, 3.8) is 0 Å². The summed E-state index contributed by atoms with van der Waals surface area (Å²) in [6.45, 7) is 4.81. The van der Waals surface area contributed by atoms with Gasteiger partial charge in [0.2, 0.25) is 0 Å². The van der Waals surface area contributed by atoms with Crippen molar-refractivity contribution in [2.75, 3.05) is 19.0 Å². The minimum Gasteiger partial charge on any atom is -0.465 e. The molecule has 1 N–H and O–H groups in total. The SMILES string of the molecule is CCOC(=O)c1sc(NC(=O)c2cnn3c(C(F)F)cc(C)nc23)c(C(=O)OC)c1C. The molecule has 0 bridgehead atoms. The quantitative estimate of drug-likeness (QED) is 0.569. The van der Waals surface area contributed by atoms with Gasteiger partial charge in [-0.05, 0) is 32.4 Å². The van der Waals surface area contributed by atoms with E-state index in [2.05, 4.69) is 15.4 Å². The number of thiophene rings is 1. The monoisotopic (exact) mass is 452 g/mol. The maximum Gasteiger partial charge on any atom is 0.348 e. The molecule has 3 aromatic rings. The van der Waals surface area contributed by atoms with E-state index in [1.54, 1.807) is 6.92 Å². The van der Waals surface area contributed by atoms with Crippen LogP contribution in [0.3, 0.4) is 0 Å². The third-order valence-electron chi connectivity index (χ3n) is 4.32. The maximum atomic E-state index is 13.3. The van der Waals surface area contributed by atoms with Crippen molar-refractivity contribution < 1.29 is 32.6 Å². The van der Waals surface area contributed by atoms with Crippen LogP contribution in [0, 0.1) is 13.8 Å². The third-order valence-corrected chi connectivity index (χ3v) is 5.51. The Balaban J connectivity index is 2.05.